The van der Waals surface area contributed by atoms with Crippen LogP contribution >= 0.6 is 0 Å². The van der Waals surface area contributed by atoms with Gasteiger partial charge >= 0.3 is 0 Å². The highest BCUT2D eigenvalue weighted by atomic mass is 16.7. The molecule has 0 aromatic rings. The lowest BCUT2D eigenvalue weighted by atomic mass is 9.81. The summed E-state index contributed by atoms with van der Waals surface area (Å²) < 4.78 is 11.6. The quantitative estimate of drug-likeness (QED) is 0.755. The van der Waals surface area contributed by atoms with Crippen molar-refractivity contribution in [1.29, 1.82) is 0 Å². The zero-order valence-corrected chi connectivity index (χ0v) is 11.7. The summed E-state index contributed by atoms with van der Waals surface area (Å²) in [6, 6.07) is 0.836. The van der Waals surface area contributed by atoms with E-state index in [1.54, 1.807) is 0 Å². The van der Waals surface area contributed by atoms with E-state index in [1.807, 2.05) is 0 Å². The van der Waals surface area contributed by atoms with Crippen LogP contribution in [-0.4, -0.2) is 43.0 Å². The molecule has 2 aliphatic heterocycles. The summed E-state index contributed by atoms with van der Waals surface area (Å²) >= 11 is 0. The topological polar surface area (TPSA) is 21.7 Å². The van der Waals surface area contributed by atoms with E-state index in [1.165, 1.54) is 45.2 Å². The number of likely N-dealkylation sites (tertiary alicyclic amines) is 1. The Morgan fingerprint density at radius 3 is 2.39 bits per heavy atom. The second-order valence-electron chi connectivity index (χ2n) is 6.16. The average Bonchev–Trinajstić information content (AvgIpc) is 2.88. The van der Waals surface area contributed by atoms with Gasteiger partial charge in [-0.05, 0) is 18.8 Å². The molecule has 18 heavy (non-hydrogen) atoms. The summed E-state index contributed by atoms with van der Waals surface area (Å²) in [5.41, 5.74) is 0. The van der Waals surface area contributed by atoms with E-state index in [2.05, 4.69) is 11.8 Å². The minimum Gasteiger partial charge on any atom is -0.347 e. The smallest absolute Gasteiger partial charge is 0.170 e. The van der Waals surface area contributed by atoms with E-state index in [0.717, 1.165) is 38.0 Å². The van der Waals surface area contributed by atoms with Gasteiger partial charge in [0, 0.05) is 32.0 Å². The lowest BCUT2D eigenvalue weighted by molar-refractivity contribution is -0.190. The van der Waals surface area contributed by atoms with Gasteiger partial charge in [0.1, 0.15) is 0 Å². The second kappa shape index (κ2) is 5.48. The summed E-state index contributed by atoms with van der Waals surface area (Å²) in [5, 5.41) is 0. The predicted molar refractivity (Wildman–Crippen MR) is 71.5 cm³/mol. The summed E-state index contributed by atoms with van der Waals surface area (Å²) in [5.74, 6) is 0.727. The van der Waals surface area contributed by atoms with Crippen molar-refractivity contribution in [2.24, 2.45) is 5.92 Å². The van der Waals surface area contributed by atoms with Gasteiger partial charge in [0.15, 0.2) is 5.79 Å². The number of piperidine rings is 1. The Bertz CT molecular complexity index is 266. The van der Waals surface area contributed by atoms with Crippen molar-refractivity contribution in [3.63, 3.8) is 0 Å². The molecular weight excluding hydrogens is 226 g/mol. The molecule has 3 rings (SSSR count). The van der Waals surface area contributed by atoms with Crippen LogP contribution < -0.4 is 0 Å². The monoisotopic (exact) mass is 253 g/mol. The predicted octanol–water partition coefficient (Wildman–Crippen LogP) is 2.79. The molecule has 0 radical (unpaired) electrons. The largest absolute Gasteiger partial charge is 0.347 e. The van der Waals surface area contributed by atoms with Crippen LogP contribution in [0.3, 0.4) is 0 Å². The van der Waals surface area contributed by atoms with Crippen LogP contribution in [0, 0.1) is 5.92 Å². The zero-order valence-electron chi connectivity index (χ0n) is 11.7. The first-order valence-electron chi connectivity index (χ1n) is 7.85. The minimum atomic E-state index is -0.202. The molecule has 2 heterocycles. The molecule has 3 nitrogen and oxygen atoms in total. The maximum absolute atomic E-state index is 5.82. The first-order valence-corrected chi connectivity index (χ1v) is 7.85. The molecule has 1 saturated carbocycles. The summed E-state index contributed by atoms with van der Waals surface area (Å²) in [4.78, 5) is 2.73. The first-order chi connectivity index (χ1) is 8.83. The molecule has 0 amide bonds. The number of hydrogen-bond donors (Lipinski definition) is 0. The fourth-order valence-electron chi connectivity index (χ4n) is 4.13. The van der Waals surface area contributed by atoms with Gasteiger partial charge in [0.2, 0.25) is 0 Å². The van der Waals surface area contributed by atoms with Crippen molar-refractivity contribution < 1.29 is 9.47 Å². The van der Waals surface area contributed by atoms with Crippen molar-refractivity contribution in [3.8, 4) is 0 Å². The Morgan fingerprint density at radius 2 is 1.72 bits per heavy atom. The molecular formula is C15H27NO2. The van der Waals surface area contributed by atoms with Crippen LogP contribution in [0.5, 0.6) is 0 Å². The van der Waals surface area contributed by atoms with Gasteiger partial charge in [-0.25, -0.2) is 0 Å². The van der Waals surface area contributed by atoms with E-state index >= 15 is 0 Å². The highest BCUT2D eigenvalue weighted by molar-refractivity contribution is 4.89. The van der Waals surface area contributed by atoms with Crippen LogP contribution in [0.2, 0.25) is 0 Å². The van der Waals surface area contributed by atoms with E-state index in [9.17, 15) is 0 Å². The standard InChI is InChI=1S/C15H27NO2/c1-2-13-5-3-4-6-14(13)16-9-7-15(8-10-16)17-11-12-18-15/h13-14H,2-12H2,1H3. The normalized spacial score (nSPS) is 37.2. The summed E-state index contributed by atoms with van der Waals surface area (Å²) in [7, 11) is 0. The number of hydrogen-bond acceptors (Lipinski definition) is 3. The van der Waals surface area contributed by atoms with Crippen molar-refractivity contribution in [1.82, 2.24) is 4.90 Å². The zero-order chi connectivity index (χ0) is 12.4. The molecule has 2 unspecified atom stereocenters. The van der Waals surface area contributed by atoms with E-state index in [4.69, 9.17) is 9.47 Å². The molecule has 2 saturated heterocycles. The molecule has 0 aromatic carbocycles. The third kappa shape index (κ3) is 2.45. The van der Waals surface area contributed by atoms with Gasteiger partial charge in [-0.2, -0.15) is 0 Å². The van der Waals surface area contributed by atoms with E-state index in [-0.39, 0.29) is 5.79 Å². The molecule has 1 aliphatic carbocycles. The molecule has 0 N–H and O–H groups in total. The van der Waals surface area contributed by atoms with Crippen molar-refractivity contribution in [2.45, 2.75) is 63.7 Å². The van der Waals surface area contributed by atoms with E-state index in [0.29, 0.717) is 0 Å². The van der Waals surface area contributed by atoms with Crippen molar-refractivity contribution in [3.05, 3.63) is 0 Å². The Labute approximate surface area is 111 Å². The fraction of sp³-hybridized carbons (Fsp3) is 1.00. The molecule has 3 heteroatoms. The Morgan fingerprint density at radius 1 is 1.06 bits per heavy atom. The molecule has 3 aliphatic rings. The van der Waals surface area contributed by atoms with Gasteiger partial charge < -0.3 is 9.47 Å². The van der Waals surface area contributed by atoms with Crippen LogP contribution in [0.25, 0.3) is 0 Å². The van der Waals surface area contributed by atoms with Gasteiger partial charge in [0.05, 0.1) is 13.2 Å². The van der Waals surface area contributed by atoms with Crippen molar-refractivity contribution in [2.75, 3.05) is 26.3 Å². The SMILES string of the molecule is CCC1CCCCC1N1CCC2(CC1)OCCO2. The van der Waals surface area contributed by atoms with E-state index < -0.39 is 0 Å². The lowest BCUT2D eigenvalue weighted by Crippen LogP contribution is -2.51. The van der Waals surface area contributed by atoms with Crippen LogP contribution in [0.15, 0.2) is 0 Å². The Hall–Kier alpha value is -0.120. The maximum Gasteiger partial charge on any atom is 0.170 e. The summed E-state index contributed by atoms with van der Waals surface area (Å²) in [6.45, 7) is 6.28. The lowest BCUT2D eigenvalue weighted by Gasteiger charge is -2.45. The van der Waals surface area contributed by atoms with Gasteiger partial charge in [-0.15, -0.1) is 0 Å². The first kappa shape index (κ1) is 12.9. The highest BCUT2D eigenvalue weighted by Gasteiger charge is 2.42. The van der Waals surface area contributed by atoms with Gasteiger partial charge in [-0.1, -0.05) is 26.2 Å². The maximum atomic E-state index is 5.82. The molecule has 1 spiro atoms. The molecule has 0 aromatic heterocycles. The van der Waals surface area contributed by atoms with Crippen LogP contribution in [0.4, 0.5) is 0 Å². The number of ether oxygens (including phenoxy) is 2. The van der Waals surface area contributed by atoms with Crippen LogP contribution in [-0.2, 0) is 9.47 Å². The van der Waals surface area contributed by atoms with Crippen LogP contribution in [0.1, 0.15) is 51.9 Å². The fourth-order valence-corrected chi connectivity index (χ4v) is 4.13. The Balaban J connectivity index is 1.57. The van der Waals surface area contributed by atoms with Crippen molar-refractivity contribution >= 4 is 0 Å². The third-order valence-corrected chi connectivity index (χ3v) is 5.24. The number of nitrogens with zero attached hydrogens (tertiary/aromatic N) is 1. The second-order valence-corrected chi connectivity index (χ2v) is 6.16. The molecule has 2 atom stereocenters. The Kier molecular flexibility index (Phi) is 3.92. The molecule has 3 fully saturated rings. The molecule has 104 valence electrons. The average molecular weight is 253 g/mol. The minimum absolute atomic E-state index is 0.202. The number of rotatable bonds is 2. The third-order valence-electron chi connectivity index (χ3n) is 5.24. The molecule has 0 bridgehead atoms. The van der Waals surface area contributed by atoms with Gasteiger partial charge in [0.25, 0.3) is 0 Å². The highest BCUT2D eigenvalue weighted by Crippen LogP contribution is 2.36. The van der Waals surface area contributed by atoms with Gasteiger partial charge in [-0.3, -0.25) is 4.90 Å². The summed E-state index contributed by atoms with van der Waals surface area (Å²) in [6.07, 6.45) is 9.21.